The number of likely N-dealkylation sites (tertiary alicyclic amines) is 1. The number of carbonyl (C=O) groups is 2. The molecule has 1 saturated carbocycles. The van der Waals surface area contributed by atoms with Crippen LogP contribution >= 0.6 is 0 Å². The molecule has 2 aliphatic rings. The number of hydrogen-bond acceptors (Lipinski definition) is 6. The first kappa shape index (κ1) is 27.8. The Kier molecular flexibility index (Phi) is 8.55. The summed E-state index contributed by atoms with van der Waals surface area (Å²) in [5.74, 6) is -2.46. The number of methoxy groups -OCH3 is 1. The molecule has 2 heterocycles. The number of alkyl halides is 3. The van der Waals surface area contributed by atoms with Crippen LogP contribution in [0.25, 0.3) is 0 Å². The summed E-state index contributed by atoms with van der Waals surface area (Å²) < 4.78 is 64.1. The maximum absolute atomic E-state index is 14.8. The number of amides is 2. The SMILES string of the molecule is COc1nc(NC2CCC(C(F)(F)F)CC2)c(F)cc1CNC(=O)C1CCCN1C(=O)OC(C)(C)C. The quantitative estimate of drug-likeness (QED) is 0.527. The number of hydrogen-bond donors (Lipinski definition) is 2. The van der Waals surface area contributed by atoms with Gasteiger partial charge in [-0.1, -0.05) is 0 Å². The van der Waals surface area contributed by atoms with E-state index >= 15 is 0 Å². The summed E-state index contributed by atoms with van der Waals surface area (Å²) in [6.45, 7) is 5.56. The molecular weight excluding hydrogens is 484 g/mol. The molecule has 0 aromatic carbocycles. The highest BCUT2D eigenvalue weighted by molar-refractivity contribution is 5.86. The van der Waals surface area contributed by atoms with Crippen molar-refractivity contribution in [1.29, 1.82) is 0 Å². The Hall–Kier alpha value is -2.79. The normalized spacial score (nSPS) is 22.8. The van der Waals surface area contributed by atoms with Crippen molar-refractivity contribution in [1.82, 2.24) is 15.2 Å². The highest BCUT2D eigenvalue weighted by Crippen LogP contribution is 2.38. The number of carbonyl (C=O) groups excluding carboxylic acids is 2. The molecule has 2 amide bonds. The minimum Gasteiger partial charge on any atom is -0.481 e. The van der Waals surface area contributed by atoms with Gasteiger partial charge in [-0.25, -0.2) is 9.18 Å². The second kappa shape index (κ2) is 11.1. The van der Waals surface area contributed by atoms with Crippen LogP contribution in [0, 0.1) is 11.7 Å². The van der Waals surface area contributed by atoms with Gasteiger partial charge in [0.15, 0.2) is 11.6 Å². The van der Waals surface area contributed by atoms with Crippen molar-refractivity contribution in [3.8, 4) is 5.88 Å². The third kappa shape index (κ3) is 7.13. The van der Waals surface area contributed by atoms with Crippen molar-refractivity contribution >= 4 is 17.8 Å². The molecule has 12 heteroatoms. The Balaban J connectivity index is 1.60. The average molecular weight is 519 g/mol. The Morgan fingerprint density at radius 3 is 2.39 bits per heavy atom. The topological polar surface area (TPSA) is 92.8 Å². The number of rotatable bonds is 6. The van der Waals surface area contributed by atoms with E-state index in [-0.39, 0.29) is 55.5 Å². The predicted octanol–water partition coefficient (Wildman–Crippen LogP) is 4.78. The number of aromatic nitrogens is 1. The number of nitrogens with zero attached hydrogens (tertiary/aromatic N) is 2. The van der Waals surface area contributed by atoms with Crippen molar-refractivity contribution < 1.29 is 36.6 Å². The lowest BCUT2D eigenvalue weighted by Gasteiger charge is -2.30. The van der Waals surface area contributed by atoms with Crippen LogP contribution in [0.15, 0.2) is 6.07 Å². The molecule has 1 aliphatic carbocycles. The third-order valence-corrected chi connectivity index (χ3v) is 6.38. The Labute approximate surface area is 208 Å². The zero-order valence-corrected chi connectivity index (χ0v) is 21.0. The van der Waals surface area contributed by atoms with Crippen LogP contribution in [-0.4, -0.2) is 59.4 Å². The van der Waals surface area contributed by atoms with E-state index in [4.69, 9.17) is 9.47 Å². The largest absolute Gasteiger partial charge is 0.481 e. The van der Waals surface area contributed by atoms with Crippen molar-refractivity contribution in [2.24, 2.45) is 5.92 Å². The van der Waals surface area contributed by atoms with Crippen molar-refractivity contribution in [2.45, 2.75) is 89.7 Å². The molecule has 36 heavy (non-hydrogen) atoms. The zero-order valence-electron chi connectivity index (χ0n) is 21.0. The molecule has 1 aliphatic heterocycles. The van der Waals surface area contributed by atoms with E-state index in [1.807, 2.05) is 0 Å². The third-order valence-electron chi connectivity index (χ3n) is 6.38. The lowest BCUT2D eigenvalue weighted by molar-refractivity contribution is -0.182. The van der Waals surface area contributed by atoms with Crippen LogP contribution in [0.4, 0.5) is 28.2 Å². The fourth-order valence-corrected chi connectivity index (χ4v) is 4.55. The monoisotopic (exact) mass is 518 g/mol. The second-order valence-electron chi connectivity index (χ2n) is 10.3. The number of anilines is 1. The molecule has 2 fully saturated rings. The maximum atomic E-state index is 14.8. The molecule has 1 unspecified atom stereocenters. The van der Waals surface area contributed by atoms with Crippen LogP contribution in [0.3, 0.4) is 0 Å². The van der Waals surface area contributed by atoms with Gasteiger partial charge in [-0.15, -0.1) is 0 Å². The van der Waals surface area contributed by atoms with Crippen molar-refractivity contribution in [3.63, 3.8) is 0 Å². The van der Waals surface area contributed by atoms with Crippen LogP contribution in [0.1, 0.15) is 64.9 Å². The summed E-state index contributed by atoms with van der Waals surface area (Å²) >= 11 is 0. The van der Waals surface area contributed by atoms with Gasteiger partial charge in [-0.3, -0.25) is 9.69 Å². The molecule has 0 spiro atoms. The molecule has 1 atom stereocenters. The molecule has 1 aromatic rings. The summed E-state index contributed by atoms with van der Waals surface area (Å²) in [5, 5.41) is 5.60. The first-order chi connectivity index (χ1) is 16.8. The smallest absolute Gasteiger partial charge is 0.410 e. The summed E-state index contributed by atoms with van der Waals surface area (Å²) in [4.78, 5) is 30.8. The van der Waals surface area contributed by atoms with Gasteiger partial charge in [0.05, 0.1) is 13.0 Å². The van der Waals surface area contributed by atoms with Crippen LogP contribution in [0.5, 0.6) is 5.88 Å². The highest BCUT2D eigenvalue weighted by Gasteiger charge is 2.41. The minimum atomic E-state index is -4.22. The van der Waals surface area contributed by atoms with E-state index in [1.54, 1.807) is 20.8 Å². The van der Waals surface area contributed by atoms with Gasteiger partial charge in [0.2, 0.25) is 11.8 Å². The number of ether oxygens (including phenoxy) is 2. The fraction of sp³-hybridized carbons (Fsp3) is 0.708. The Morgan fingerprint density at radius 1 is 1.14 bits per heavy atom. The van der Waals surface area contributed by atoms with Crippen LogP contribution < -0.4 is 15.4 Å². The summed E-state index contributed by atoms with van der Waals surface area (Å²) in [7, 11) is 1.35. The molecule has 1 saturated heterocycles. The summed E-state index contributed by atoms with van der Waals surface area (Å²) in [6.07, 6.45) is -3.19. The van der Waals surface area contributed by atoms with Crippen LogP contribution in [0.2, 0.25) is 0 Å². The van der Waals surface area contributed by atoms with Gasteiger partial charge < -0.3 is 20.1 Å². The maximum Gasteiger partial charge on any atom is 0.410 e. The van der Waals surface area contributed by atoms with Gasteiger partial charge in [-0.2, -0.15) is 18.2 Å². The van der Waals surface area contributed by atoms with Gasteiger partial charge >= 0.3 is 12.3 Å². The summed E-state index contributed by atoms with van der Waals surface area (Å²) in [5.41, 5.74) is -0.401. The van der Waals surface area contributed by atoms with Gasteiger partial charge in [0.25, 0.3) is 0 Å². The molecule has 3 rings (SSSR count). The van der Waals surface area contributed by atoms with Gasteiger partial charge in [-0.05, 0) is 65.4 Å². The van der Waals surface area contributed by atoms with E-state index < -0.39 is 41.6 Å². The highest BCUT2D eigenvalue weighted by atomic mass is 19.4. The zero-order chi connectivity index (χ0) is 26.7. The van der Waals surface area contributed by atoms with Gasteiger partial charge in [0, 0.05) is 24.7 Å². The van der Waals surface area contributed by atoms with E-state index in [0.717, 1.165) is 0 Å². The summed E-state index contributed by atoms with van der Waals surface area (Å²) in [6, 6.07) is 0.147. The standard InChI is InChI=1S/C24H34F4N4O4/c1-23(2,3)36-22(34)32-11-5-6-18(32)20(33)29-13-14-12-17(25)19(31-21(14)35-4)30-16-9-7-15(8-10-16)24(26,27)28/h12,15-16,18H,5-11,13H2,1-4H3,(H,29,33)(H,30,31). The van der Waals surface area contributed by atoms with Crippen molar-refractivity contribution in [2.75, 3.05) is 19.0 Å². The first-order valence-electron chi connectivity index (χ1n) is 12.1. The van der Waals surface area contributed by atoms with E-state index in [0.29, 0.717) is 19.4 Å². The first-order valence-corrected chi connectivity index (χ1v) is 12.1. The van der Waals surface area contributed by atoms with E-state index in [1.165, 1.54) is 18.1 Å². The molecule has 0 radical (unpaired) electrons. The van der Waals surface area contributed by atoms with E-state index in [9.17, 15) is 27.2 Å². The van der Waals surface area contributed by atoms with E-state index in [2.05, 4.69) is 15.6 Å². The number of halogens is 4. The van der Waals surface area contributed by atoms with Gasteiger partial charge in [0.1, 0.15) is 11.6 Å². The lowest BCUT2D eigenvalue weighted by Crippen LogP contribution is -2.47. The van der Waals surface area contributed by atoms with Crippen LogP contribution in [-0.2, 0) is 16.1 Å². The Morgan fingerprint density at radius 2 is 1.81 bits per heavy atom. The average Bonchev–Trinajstić information content (AvgIpc) is 3.28. The molecule has 2 N–H and O–H groups in total. The number of nitrogens with one attached hydrogen (secondary N) is 2. The molecule has 0 bridgehead atoms. The molecular formula is C24H34F4N4O4. The molecule has 202 valence electrons. The second-order valence-corrected chi connectivity index (χ2v) is 10.3. The molecule has 8 nitrogen and oxygen atoms in total. The molecule has 1 aromatic heterocycles. The lowest BCUT2D eigenvalue weighted by atomic mass is 9.85. The Bertz CT molecular complexity index is 943. The van der Waals surface area contributed by atoms with Crippen molar-refractivity contribution in [3.05, 3.63) is 17.4 Å². The fourth-order valence-electron chi connectivity index (χ4n) is 4.55. The number of pyridine rings is 1. The predicted molar refractivity (Wildman–Crippen MR) is 124 cm³/mol. The minimum absolute atomic E-state index is 0.0223.